The Kier molecular flexibility index (Phi) is 4.54. The molecular formula is C16H18BrNO3. The van der Waals surface area contributed by atoms with Crippen molar-refractivity contribution < 1.29 is 9.47 Å². The van der Waals surface area contributed by atoms with Crippen LogP contribution in [0, 0.1) is 0 Å². The minimum Gasteiger partial charge on any atom is -0.495 e. The lowest BCUT2D eigenvalue weighted by molar-refractivity contribution is 0.0172. The minimum atomic E-state index is -0.536. The second-order valence-electron chi connectivity index (χ2n) is 5.17. The summed E-state index contributed by atoms with van der Waals surface area (Å²) in [5.41, 5.74) is 1.63. The summed E-state index contributed by atoms with van der Waals surface area (Å²) in [6.07, 6.45) is 1.62. The van der Waals surface area contributed by atoms with Gasteiger partial charge in [0, 0.05) is 24.4 Å². The normalized spacial score (nSPS) is 11.5. The third kappa shape index (κ3) is 3.04. The highest BCUT2D eigenvalue weighted by atomic mass is 79.9. The molecule has 0 aliphatic heterocycles. The molecule has 0 radical (unpaired) electrons. The maximum atomic E-state index is 12.0. The largest absolute Gasteiger partial charge is 0.495 e. The van der Waals surface area contributed by atoms with E-state index in [2.05, 4.69) is 20.9 Å². The van der Waals surface area contributed by atoms with Crippen LogP contribution in [-0.4, -0.2) is 19.2 Å². The summed E-state index contributed by atoms with van der Waals surface area (Å²) in [7, 11) is 3.26. The Labute approximate surface area is 132 Å². The average Bonchev–Trinajstić information content (AvgIpc) is 2.47. The standard InChI is InChI=1S/C16H18BrNO3/c1-16(2,21-4)12-8-10(9-13(17)14(12)20-3)11-6-5-7-18-15(11)19/h5-9H,1-4H3,(H,18,19). The van der Waals surface area contributed by atoms with Crippen LogP contribution >= 0.6 is 15.9 Å². The topological polar surface area (TPSA) is 51.3 Å². The van der Waals surface area contributed by atoms with E-state index in [-0.39, 0.29) is 5.56 Å². The number of halogens is 1. The van der Waals surface area contributed by atoms with Gasteiger partial charge in [-0.1, -0.05) is 0 Å². The summed E-state index contributed by atoms with van der Waals surface area (Å²) in [6.45, 7) is 3.91. The Morgan fingerprint density at radius 3 is 2.52 bits per heavy atom. The van der Waals surface area contributed by atoms with Gasteiger partial charge in [-0.2, -0.15) is 0 Å². The number of pyridine rings is 1. The van der Waals surface area contributed by atoms with Crippen molar-refractivity contribution in [3.05, 3.63) is 50.9 Å². The van der Waals surface area contributed by atoms with E-state index in [0.29, 0.717) is 11.3 Å². The fourth-order valence-corrected chi connectivity index (χ4v) is 2.78. The van der Waals surface area contributed by atoms with Gasteiger partial charge in [0.05, 0.1) is 17.2 Å². The molecule has 0 saturated carbocycles. The summed E-state index contributed by atoms with van der Waals surface area (Å²) in [6, 6.07) is 7.39. The number of ether oxygens (including phenoxy) is 2. The van der Waals surface area contributed by atoms with Crippen LogP contribution in [0.25, 0.3) is 11.1 Å². The van der Waals surface area contributed by atoms with Gasteiger partial charge in [-0.05, 0) is 59.6 Å². The van der Waals surface area contributed by atoms with E-state index in [1.54, 1.807) is 32.5 Å². The summed E-state index contributed by atoms with van der Waals surface area (Å²) in [5.74, 6) is 0.706. The molecule has 0 unspecified atom stereocenters. The van der Waals surface area contributed by atoms with Crippen LogP contribution in [0.1, 0.15) is 19.4 Å². The van der Waals surface area contributed by atoms with Gasteiger partial charge >= 0.3 is 0 Å². The molecule has 1 aromatic carbocycles. The van der Waals surface area contributed by atoms with Gasteiger partial charge in [0.25, 0.3) is 5.56 Å². The van der Waals surface area contributed by atoms with E-state index in [1.807, 2.05) is 26.0 Å². The number of aromatic nitrogens is 1. The van der Waals surface area contributed by atoms with Crippen LogP contribution in [0.15, 0.2) is 39.7 Å². The summed E-state index contributed by atoms with van der Waals surface area (Å²) in [4.78, 5) is 14.7. The molecule has 2 aromatic rings. The zero-order valence-corrected chi connectivity index (χ0v) is 14.1. The summed E-state index contributed by atoms with van der Waals surface area (Å²) in [5, 5.41) is 0. The molecule has 2 rings (SSSR count). The molecule has 21 heavy (non-hydrogen) atoms. The molecule has 112 valence electrons. The van der Waals surface area contributed by atoms with Crippen LogP contribution in [0.3, 0.4) is 0 Å². The van der Waals surface area contributed by atoms with E-state index in [9.17, 15) is 4.79 Å². The average molecular weight is 352 g/mol. The molecule has 0 fully saturated rings. The zero-order chi connectivity index (χ0) is 15.6. The first-order valence-corrected chi connectivity index (χ1v) is 7.31. The van der Waals surface area contributed by atoms with Gasteiger partial charge in [0.1, 0.15) is 5.75 Å². The van der Waals surface area contributed by atoms with Crippen molar-refractivity contribution in [3.8, 4) is 16.9 Å². The third-order valence-corrected chi connectivity index (χ3v) is 4.12. The Bertz CT molecular complexity index is 707. The van der Waals surface area contributed by atoms with Gasteiger partial charge in [-0.15, -0.1) is 0 Å². The number of hydrogen-bond acceptors (Lipinski definition) is 3. The van der Waals surface area contributed by atoms with Crippen molar-refractivity contribution in [2.45, 2.75) is 19.4 Å². The Balaban J connectivity index is 2.72. The number of rotatable bonds is 4. The fraction of sp³-hybridized carbons (Fsp3) is 0.312. The molecule has 0 spiro atoms. The molecule has 0 atom stereocenters. The van der Waals surface area contributed by atoms with Crippen molar-refractivity contribution in [1.29, 1.82) is 0 Å². The molecule has 5 heteroatoms. The van der Waals surface area contributed by atoms with Gasteiger partial charge in [0.2, 0.25) is 0 Å². The molecule has 1 heterocycles. The predicted molar refractivity (Wildman–Crippen MR) is 86.8 cm³/mol. The minimum absolute atomic E-state index is 0.129. The highest BCUT2D eigenvalue weighted by Crippen LogP contribution is 2.40. The Morgan fingerprint density at radius 2 is 1.95 bits per heavy atom. The first-order valence-electron chi connectivity index (χ1n) is 6.52. The van der Waals surface area contributed by atoms with Crippen molar-refractivity contribution >= 4 is 15.9 Å². The number of hydrogen-bond donors (Lipinski definition) is 1. The van der Waals surface area contributed by atoms with E-state index in [4.69, 9.17) is 9.47 Å². The number of methoxy groups -OCH3 is 2. The first kappa shape index (κ1) is 15.8. The second-order valence-corrected chi connectivity index (χ2v) is 6.02. The number of H-pyrrole nitrogens is 1. The first-order chi connectivity index (χ1) is 9.90. The molecule has 0 saturated heterocycles. The van der Waals surface area contributed by atoms with E-state index < -0.39 is 5.60 Å². The van der Waals surface area contributed by atoms with Crippen LogP contribution < -0.4 is 10.3 Å². The monoisotopic (exact) mass is 351 g/mol. The number of aromatic amines is 1. The second kappa shape index (κ2) is 6.03. The molecular weight excluding hydrogens is 334 g/mol. The quantitative estimate of drug-likeness (QED) is 0.913. The van der Waals surface area contributed by atoms with Crippen molar-refractivity contribution in [1.82, 2.24) is 4.98 Å². The lowest BCUT2D eigenvalue weighted by Crippen LogP contribution is -2.21. The van der Waals surface area contributed by atoms with Gasteiger partial charge in [0.15, 0.2) is 0 Å². The lowest BCUT2D eigenvalue weighted by Gasteiger charge is -2.27. The van der Waals surface area contributed by atoms with Crippen LogP contribution in [0.2, 0.25) is 0 Å². The third-order valence-electron chi connectivity index (χ3n) is 3.54. The maximum absolute atomic E-state index is 12.0. The van der Waals surface area contributed by atoms with Gasteiger partial charge in [-0.25, -0.2) is 0 Å². The fourth-order valence-electron chi connectivity index (χ4n) is 2.16. The Morgan fingerprint density at radius 1 is 1.24 bits per heavy atom. The SMILES string of the molecule is COc1c(Br)cc(-c2ccc[nH]c2=O)cc1C(C)(C)OC. The van der Waals surface area contributed by atoms with E-state index in [0.717, 1.165) is 15.6 Å². The number of nitrogens with one attached hydrogen (secondary N) is 1. The molecule has 0 amide bonds. The smallest absolute Gasteiger partial charge is 0.255 e. The molecule has 0 aliphatic carbocycles. The zero-order valence-electron chi connectivity index (χ0n) is 12.5. The highest BCUT2D eigenvalue weighted by molar-refractivity contribution is 9.10. The van der Waals surface area contributed by atoms with Crippen LogP contribution in [0.4, 0.5) is 0 Å². The van der Waals surface area contributed by atoms with Crippen molar-refractivity contribution in [2.24, 2.45) is 0 Å². The van der Waals surface area contributed by atoms with E-state index >= 15 is 0 Å². The molecule has 0 aliphatic rings. The van der Waals surface area contributed by atoms with Crippen molar-refractivity contribution in [2.75, 3.05) is 14.2 Å². The van der Waals surface area contributed by atoms with Gasteiger partial charge < -0.3 is 14.5 Å². The molecule has 1 aromatic heterocycles. The molecule has 4 nitrogen and oxygen atoms in total. The summed E-state index contributed by atoms with van der Waals surface area (Å²) >= 11 is 3.51. The highest BCUT2D eigenvalue weighted by Gasteiger charge is 2.26. The summed E-state index contributed by atoms with van der Waals surface area (Å²) < 4.78 is 11.8. The predicted octanol–water partition coefficient (Wildman–Crippen LogP) is 3.69. The van der Waals surface area contributed by atoms with E-state index in [1.165, 1.54) is 0 Å². The van der Waals surface area contributed by atoms with Gasteiger partial charge in [-0.3, -0.25) is 4.79 Å². The molecule has 1 N–H and O–H groups in total. The van der Waals surface area contributed by atoms with Crippen LogP contribution in [-0.2, 0) is 10.3 Å². The molecule has 0 bridgehead atoms. The van der Waals surface area contributed by atoms with Crippen molar-refractivity contribution in [3.63, 3.8) is 0 Å². The Hall–Kier alpha value is -1.59. The van der Waals surface area contributed by atoms with Crippen LogP contribution in [0.5, 0.6) is 5.75 Å². The number of benzene rings is 1. The maximum Gasteiger partial charge on any atom is 0.255 e. The lowest BCUT2D eigenvalue weighted by atomic mass is 9.93.